The number of fused-ring (bicyclic) bond motifs is 13. The van der Waals surface area contributed by atoms with Crippen molar-refractivity contribution in [2.75, 3.05) is 14.7 Å². The van der Waals surface area contributed by atoms with Crippen LogP contribution in [0, 0.1) is 6.92 Å². The van der Waals surface area contributed by atoms with Crippen molar-refractivity contribution < 1.29 is 4.42 Å². The smallest absolute Gasteiger partial charge is 0.252 e. The standard InChI is InChI=1S/C67H56BN3OS/c1-41-35-58-63-59(36-41)70(55-22-16-21-50-49-20-11-13-24-62(49)73-64(50)55)57-39-46(71-54-32-26-44(65(2,3)4)38-51(54)66(5)33-14-15-34-67(66,71)6)28-31-53(57)68(63)52-30-25-43(42-17-8-7-9-18-42)37-56(52)69(58)45-27-29-48-47-19-10-12-23-60(47)72-61(48)40-45/h7-13,16-32,35-40H,14-15,33-34H2,1-6H3. The lowest BCUT2D eigenvalue weighted by molar-refractivity contribution is 0.195. The number of aryl methyl sites for hydroxylation is 1. The molecule has 0 N–H and O–H groups in total. The number of hydrogen-bond acceptors (Lipinski definition) is 5. The fraction of sp³-hybridized carbons (Fsp3) is 0.194. The van der Waals surface area contributed by atoms with E-state index in [1.165, 1.54) is 123 Å². The molecule has 9 aromatic carbocycles. The first-order valence-corrected chi connectivity index (χ1v) is 27.1. The van der Waals surface area contributed by atoms with Crippen molar-refractivity contribution in [3.63, 3.8) is 0 Å². The maximum atomic E-state index is 6.65. The van der Waals surface area contributed by atoms with Gasteiger partial charge in [-0.15, -0.1) is 11.3 Å². The zero-order chi connectivity index (χ0) is 49.1. The van der Waals surface area contributed by atoms with Crippen LogP contribution in [0.5, 0.6) is 0 Å². The van der Waals surface area contributed by atoms with Gasteiger partial charge in [0.05, 0.1) is 15.9 Å². The molecule has 5 heterocycles. The summed E-state index contributed by atoms with van der Waals surface area (Å²) < 4.78 is 9.26. The number of para-hydroxylation sites is 1. The van der Waals surface area contributed by atoms with E-state index in [0.29, 0.717) is 0 Å². The molecule has 1 aliphatic carbocycles. The Kier molecular flexibility index (Phi) is 9.00. The van der Waals surface area contributed by atoms with Crippen LogP contribution < -0.4 is 31.1 Å². The topological polar surface area (TPSA) is 22.9 Å². The van der Waals surface area contributed by atoms with Crippen LogP contribution in [0.25, 0.3) is 53.2 Å². The fourth-order valence-electron chi connectivity index (χ4n) is 14.0. The number of benzene rings is 9. The first-order chi connectivity index (χ1) is 35.5. The lowest BCUT2D eigenvalue weighted by atomic mass is 9.33. The van der Waals surface area contributed by atoms with Crippen LogP contribution in [0.15, 0.2) is 186 Å². The summed E-state index contributed by atoms with van der Waals surface area (Å²) in [5, 5.41) is 4.87. The van der Waals surface area contributed by atoms with Gasteiger partial charge in [0.2, 0.25) is 0 Å². The van der Waals surface area contributed by atoms with Gasteiger partial charge in [0.25, 0.3) is 6.71 Å². The third-order valence-corrected chi connectivity index (χ3v) is 19.0. The van der Waals surface area contributed by atoms with Crippen LogP contribution in [0.1, 0.15) is 77.0 Å². The minimum atomic E-state index is -0.0995. The number of nitrogens with zero attached hydrogens (tertiary/aromatic N) is 3. The lowest BCUT2D eigenvalue weighted by Crippen LogP contribution is -2.61. The molecule has 6 heteroatoms. The molecular weight excluding hydrogens is 906 g/mol. The Morgan fingerprint density at radius 1 is 0.521 bits per heavy atom. The van der Waals surface area contributed by atoms with Crippen LogP contribution in [-0.2, 0) is 10.8 Å². The second kappa shape index (κ2) is 15.3. The van der Waals surface area contributed by atoms with Crippen molar-refractivity contribution in [1.29, 1.82) is 0 Å². The summed E-state index contributed by atoms with van der Waals surface area (Å²) >= 11 is 1.91. The molecular formula is C67H56BN3OS. The van der Waals surface area contributed by atoms with E-state index in [1.54, 1.807) is 0 Å². The van der Waals surface area contributed by atoms with E-state index >= 15 is 0 Å². The van der Waals surface area contributed by atoms with Crippen LogP contribution in [0.3, 0.4) is 0 Å². The molecule has 4 aliphatic rings. The number of anilines is 8. The Morgan fingerprint density at radius 2 is 1.22 bits per heavy atom. The molecule has 2 atom stereocenters. The molecule has 15 rings (SSSR count). The van der Waals surface area contributed by atoms with Crippen molar-refractivity contribution in [1.82, 2.24) is 0 Å². The highest BCUT2D eigenvalue weighted by Crippen LogP contribution is 2.62. The van der Waals surface area contributed by atoms with Crippen LogP contribution >= 0.6 is 11.3 Å². The van der Waals surface area contributed by atoms with Gasteiger partial charge in [0.1, 0.15) is 11.2 Å². The molecule has 1 fully saturated rings. The third kappa shape index (κ3) is 6.02. The Balaban J connectivity index is 1.01. The molecule has 73 heavy (non-hydrogen) atoms. The highest BCUT2D eigenvalue weighted by molar-refractivity contribution is 7.26. The highest BCUT2D eigenvalue weighted by atomic mass is 32.1. The molecule has 2 aromatic heterocycles. The van der Waals surface area contributed by atoms with Gasteiger partial charge in [-0.2, -0.15) is 0 Å². The Morgan fingerprint density at radius 3 is 2.05 bits per heavy atom. The maximum Gasteiger partial charge on any atom is 0.252 e. The number of furan rings is 1. The Bertz CT molecular complexity index is 4130. The van der Waals surface area contributed by atoms with E-state index in [1.807, 2.05) is 11.3 Å². The summed E-state index contributed by atoms with van der Waals surface area (Å²) in [5.41, 5.74) is 22.0. The van der Waals surface area contributed by atoms with Crippen molar-refractivity contribution in [3.8, 4) is 11.1 Å². The number of thiophene rings is 1. The zero-order valence-corrected chi connectivity index (χ0v) is 43.2. The van der Waals surface area contributed by atoms with Gasteiger partial charge < -0.3 is 19.1 Å². The van der Waals surface area contributed by atoms with E-state index < -0.39 is 0 Å². The van der Waals surface area contributed by atoms with Gasteiger partial charge >= 0.3 is 0 Å². The number of rotatable bonds is 4. The SMILES string of the molecule is Cc1cc2c3c(c1)N(c1cccc4c1sc1ccccc14)c1cc(N4c5ccc(C(C)(C)C)cc5C5(C)CCCCC45C)ccc1B3c1ccc(-c3ccccc3)cc1N2c1ccc2c(c1)oc1ccccc12. The minimum Gasteiger partial charge on any atom is -0.456 e. The van der Waals surface area contributed by atoms with Gasteiger partial charge in [-0.3, -0.25) is 0 Å². The second-order valence-corrected chi connectivity index (χ2v) is 23.9. The predicted molar refractivity (Wildman–Crippen MR) is 312 cm³/mol. The monoisotopic (exact) mass is 961 g/mol. The molecule has 4 nitrogen and oxygen atoms in total. The van der Waals surface area contributed by atoms with E-state index in [-0.39, 0.29) is 23.1 Å². The maximum absolute atomic E-state index is 6.65. The molecule has 0 saturated heterocycles. The molecule has 0 spiro atoms. The number of hydrogen-bond donors (Lipinski definition) is 0. The molecule has 0 bridgehead atoms. The lowest BCUT2D eigenvalue weighted by Gasteiger charge is -2.50. The summed E-state index contributed by atoms with van der Waals surface area (Å²) in [4.78, 5) is 7.97. The summed E-state index contributed by atoms with van der Waals surface area (Å²) in [6, 6.07) is 69.1. The predicted octanol–water partition coefficient (Wildman–Crippen LogP) is 17.1. The van der Waals surface area contributed by atoms with E-state index in [2.05, 4.69) is 238 Å². The molecule has 2 unspecified atom stereocenters. The van der Waals surface area contributed by atoms with Gasteiger partial charge in [0.15, 0.2) is 0 Å². The summed E-state index contributed by atoms with van der Waals surface area (Å²) in [5.74, 6) is 0. The highest BCUT2D eigenvalue weighted by Gasteiger charge is 2.58. The average molecular weight is 962 g/mol. The first-order valence-electron chi connectivity index (χ1n) is 26.3. The zero-order valence-electron chi connectivity index (χ0n) is 42.4. The summed E-state index contributed by atoms with van der Waals surface area (Å²) in [6.45, 7) is 14.5. The van der Waals surface area contributed by atoms with Gasteiger partial charge in [-0.25, -0.2) is 0 Å². The minimum absolute atomic E-state index is 0.00628. The van der Waals surface area contributed by atoms with Crippen molar-refractivity contribution in [2.45, 2.75) is 83.6 Å². The van der Waals surface area contributed by atoms with E-state index in [0.717, 1.165) is 34.0 Å². The van der Waals surface area contributed by atoms with Crippen molar-refractivity contribution in [3.05, 3.63) is 199 Å². The Hall–Kier alpha value is -7.54. The first kappa shape index (κ1) is 43.1. The van der Waals surface area contributed by atoms with Gasteiger partial charge in [0, 0.05) is 77.5 Å². The largest absolute Gasteiger partial charge is 0.456 e. The third-order valence-electron chi connectivity index (χ3n) is 17.8. The summed E-state index contributed by atoms with van der Waals surface area (Å²) in [7, 11) is 0. The second-order valence-electron chi connectivity index (χ2n) is 22.9. The molecule has 11 aromatic rings. The Labute approximate surface area is 432 Å². The molecule has 0 amide bonds. The molecule has 354 valence electrons. The normalized spacial score (nSPS) is 18.9. The summed E-state index contributed by atoms with van der Waals surface area (Å²) in [6.07, 6.45) is 4.81. The average Bonchev–Trinajstić information content (AvgIpc) is 4.05. The van der Waals surface area contributed by atoms with Crippen molar-refractivity contribution in [2.24, 2.45) is 0 Å². The molecule has 3 aliphatic heterocycles. The molecule has 1 saturated carbocycles. The molecule has 0 radical (unpaired) electrons. The van der Waals surface area contributed by atoms with Crippen LogP contribution in [-0.4, -0.2) is 12.3 Å². The van der Waals surface area contributed by atoms with Gasteiger partial charge in [-0.1, -0.05) is 150 Å². The van der Waals surface area contributed by atoms with E-state index in [4.69, 9.17) is 4.42 Å². The van der Waals surface area contributed by atoms with Crippen LogP contribution in [0.2, 0.25) is 0 Å². The van der Waals surface area contributed by atoms with E-state index in [9.17, 15) is 0 Å². The van der Waals surface area contributed by atoms with Crippen LogP contribution in [0.4, 0.5) is 45.5 Å². The fourth-order valence-corrected chi connectivity index (χ4v) is 15.2. The van der Waals surface area contributed by atoms with Crippen molar-refractivity contribution >= 4 is 122 Å². The van der Waals surface area contributed by atoms with Gasteiger partial charge in [-0.05, 0) is 143 Å². The quantitative estimate of drug-likeness (QED) is 0.164.